The van der Waals surface area contributed by atoms with Crippen LogP contribution < -0.4 is 10.0 Å². The zero-order valence-electron chi connectivity index (χ0n) is 10.9. The van der Waals surface area contributed by atoms with Gasteiger partial charge in [0.15, 0.2) is 6.79 Å². The SMILES string of the molecule is CCOP(=O)(OCC)c1ccccc1OCOC. The molecule has 0 spiro atoms. The van der Waals surface area contributed by atoms with Gasteiger partial charge < -0.3 is 18.5 Å². The molecule has 0 saturated heterocycles. The van der Waals surface area contributed by atoms with E-state index in [4.69, 9.17) is 18.5 Å². The molecular weight excluding hydrogens is 255 g/mol. The van der Waals surface area contributed by atoms with Crippen LogP contribution >= 0.6 is 7.60 Å². The van der Waals surface area contributed by atoms with Crippen LogP contribution in [0, 0.1) is 0 Å². The summed E-state index contributed by atoms with van der Waals surface area (Å²) in [6.45, 7) is 4.22. The molecule has 0 unspecified atom stereocenters. The largest absolute Gasteiger partial charge is 0.467 e. The third-order valence-corrected chi connectivity index (χ3v) is 4.25. The predicted molar refractivity (Wildman–Crippen MR) is 69.4 cm³/mol. The van der Waals surface area contributed by atoms with E-state index >= 15 is 0 Å². The lowest BCUT2D eigenvalue weighted by Crippen LogP contribution is -2.15. The molecule has 0 heterocycles. The summed E-state index contributed by atoms with van der Waals surface area (Å²) in [5, 5.41) is 0.422. The number of benzene rings is 1. The number of hydrogen-bond acceptors (Lipinski definition) is 5. The van der Waals surface area contributed by atoms with Crippen molar-refractivity contribution in [1.82, 2.24) is 0 Å². The Morgan fingerprint density at radius 2 is 1.72 bits per heavy atom. The van der Waals surface area contributed by atoms with Crippen molar-refractivity contribution in [2.75, 3.05) is 27.1 Å². The molecule has 1 aromatic carbocycles. The van der Waals surface area contributed by atoms with E-state index in [2.05, 4.69) is 0 Å². The molecule has 0 bridgehead atoms. The molecule has 102 valence electrons. The maximum Gasteiger partial charge on any atom is 0.365 e. The van der Waals surface area contributed by atoms with E-state index in [1.165, 1.54) is 7.11 Å². The summed E-state index contributed by atoms with van der Waals surface area (Å²) in [6, 6.07) is 6.94. The second-order valence-electron chi connectivity index (χ2n) is 3.35. The van der Waals surface area contributed by atoms with Gasteiger partial charge in [-0.15, -0.1) is 0 Å². The number of ether oxygens (including phenoxy) is 2. The summed E-state index contributed by atoms with van der Waals surface area (Å²) in [5.74, 6) is 0.449. The summed E-state index contributed by atoms with van der Waals surface area (Å²) in [7, 11) is -1.81. The fourth-order valence-electron chi connectivity index (χ4n) is 1.44. The van der Waals surface area contributed by atoms with Crippen LogP contribution in [0.15, 0.2) is 24.3 Å². The molecule has 0 aliphatic carbocycles. The highest BCUT2D eigenvalue weighted by Crippen LogP contribution is 2.49. The lowest BCUT2D eigenvalue weighted by molar-refractivity contribution is 0.0516. The molecule has 18 heavy (non-hydrogen) atoms. The van der Waals surface area contributed by atoms with E-state index in [9.17, 15) is 4.57 Å². The lowest BCUT2D eigenvalue weighted by atomic mass is 10.3. The Bertz CT molecular complexity index is 397. The third kappa shape index (κ3) is 3.82. The van der Waals surface area contributed by atoms with Crippen LogP contribution in [0.5, 0.6) is 5.75 Å². The van der Waals surface area contributed by atoms with Gasteiger partial charge in [-0.3, -0.25) is 4.57 Å². The molecule has 0 aliphatic rings. The zero-order valence-corrected chi connectivity index (χ0v) is 11.8. The van der Waals surface area contributed by atoms with E-state index in [-0.39, 0.29) is 6.79 Å². The smallest absolute Gasteiger partial charge is 0.365 e. The Morgan fingerprint density at radius 1 is 1.11 bits per heavy atom. The van der Waals surface area contributed by atoms with Gasteiger partial charge in [0, 0.05) is 7.11 Å². The van der Waals surface area contributed by atoms with E-state index in [0.29, 0.717) is 24.3 Å². The summed E-state index contributed by atoms with van der Waals surface area (Å²) < 4.78 is 33.4. The quantitative estimate of drug-likeness (QED) is 0.538. The lowest BCUT2D eigenvalue weighted by Gasteiger charge is -2.19. The third-order valence-electron chi connectivity index (χ3n) is 2.09. The van der Waals surface area contributed by atoms with E-state index in [0.717, 1.165) is 0 Å². The van der Waals surface area contributed by atoms with Crippen molar-refractivity contribution in [2.24, 2.45) is 0 Å². The average Bonchev–Trinajstić information content (AvgIpc) is 2.37. The molecule has 0 saturated carbocycles. The fraction of sp³-hybridized carbons (Fsp3) is 0.500. The van der Waals surface area contributed by atoms with Gasteiger partial charge in [0.05, 0.1) is 13.2 Å². The minimum absolute atomic E-state index is 0.0786. The monoisotopic (exact) mass is 274 g/mol. The molecule has 0 N–H and O–H groups in total. The molecule has 0 atom stereocenters. The number of para-hydroxylation sites is 1. The fourth-order valence-corrected chi connectivity index (χ4v) is 3.15. The Hall–Kier alpha value is -0.870. The summed E-state index contributed by atoms with van der Waals surface area (Å²) >= 11 is 0. The minimum Gasteiger partial charge on any atom is -0.467 e. The molecule has 0 radical (unpaired) electrons. The molecule has 0 aromatic heterocycles. The van der Waals surface area contributed by atoms with Crippen molar-refractivity contribution in [3.05, 3.63) is 24.3 Å². The molecule has 0 fully saturated rings. The van der Waals surface area contributed by atoms with Crippen molar-refractivity contribution < 1.29 is 23.1 Å². The van der Waals surface area contributed by atoms with Crippen molar-refractivity contribution in [3.63, 3.8) is 0 Å². The Labute approximate surface area is 108 Å². The van der Waals surface area contributed by atoms with Crippen LogP contribution in [0.2, 0.25) is 0 Å². The first-order valence-corrected chi connectivity index (χ1v) is 7.32. The predicted octanol–water partition coefficient (Wildman–Crippen LogP) is 2.56. The summed E-state index contributed by atoms with van der Waals surface area (Å²) in [5.41, 5.74) is 0. The van der Waals surface area contributed by atoms with E-state index < -0.39 is 7.60 Å². The van der Waals surface area contributed by atoms with Gasteiger partial charge in [0.25, 0.3) is 0 Å². The summed E-state index contributed by atoms with van der Waals surface area (Å²) in [6.07, 6.45) is 0. The topological polar surface area (TPSA) is 54.0 Å². The molecule has 1 aromatic rings. The minimum atomic E-state index is -3.33. The van der Waals surface area contributed by atoms with Gasteiger partial charge in [-0.25, -0.2) is 0 Å². The van der Waals surface area contributed by atoms with Crippen molar-refractivity contribution in [2.45, 2.75) is 13.8 Å². The number of rotatable bonds is 8. The first kappa shape index (κ1) is 15.2. The van der Waals surface area contributed by atoms with Crippen molar-refractivity contribution in [1.29, 1.82) is 0 Å². The van der Waals surface area contributed by atoms with Crippen LogP contribution in [0.1, 0.15) is 13.8 Å². The molecule has 5 nitrogen and oxygen atoms in total. The highest BCUT2D eigenvalue weighted by atomic mass is 31.2. The molecule has 6 heteroatoms. The van der Waals surface area contributed by atoms with Gasteiger partial charge in [0.1, 0.15) is 11.1 Å². The Kier molecular flexibility index (Phi) is 6.36. The van der Waals surface area contributed by atoms with Crippen LogP contribution in [0.3, 0.4) is 0 Å². The first-order chi connectivity index (χ1) is 8.68. The van der Waals surface area contributed by atoms with E-state index in [1.807, 2.05) is 0 Å². The normalized spacial score (nSPS) is 11.5. The Morgan fingerprint density at radius 3 is 2.28 bits per heavy atom. The average molecular weight is 274 g/mol. The Balaban J connectivity index is 3.07. The standard InChI is InChI=1S/C12H19O5P/c1-4-16-18(13,17-5-2)12-9-7-6-8-11(12)15-10-14-3/h6-9H,4-5,10H2,1-3H3. The number of methoxy groups -OCH3 is 1. The maximum atomic E-state index is 12.6. The second kappa shape index (κ2) is 7.54. The molecular formula is C12H19O5P. The summed E-state index contributed by atoms with van der Waals surface area (Å²) in [4.78, 5) is 0. The molecule has 0 amide bonds. The maximum absolute atomic E-state index is 12.6. The van der Waals surface area contributed by atoms with Crippen LogP contribution in [-0.4, -0.2) is 27.1 Å². The molecule has 0 aliphatic heterocycles. The van der Waals surface area contributed by atoms with E-state index in [1.54, 1.807) is 38.1 Å². The van der Waals surface area contributed by atoms with Crippen molar-refractivity contribution in [3.8, 4) is 5.75 Å². The van der Waals surface area contributed by atoms with Crippen LogP contribution in [0.4, 0.5) is 0 Å². The van der Waals surface area contributed by atoms with Gasteiger partial charge in [0.2, 0.25) is 0 Å². The number of hydrogen-bond donors (Lipinski definition) is 0. The first-order valence-electron chi connectivity index (χ1n) is 5.78. The van der Waals surface area contributed by atoms with Gasteiger partial charge in [-0.1, -0.05) is 12.1 Å². The molecule has 1 rings (SSSR count). The van der Waals surface area contributed by atoms with Gasteiger partial charge >= 0.3 is 7.60 Å². The zero-order chi connectivity index (χ0) is 13.4. The highest BCUT2D eigenvalue weighted by Gasteiger charge is 2.30. The van der Waals surface area contributed by atoms with Gasteiger partial charge in [-0.05, 0) is 26.0 Å². The second-order valence-corrected chi connectivity index (χ2v) is 5.34. The van der Waals surface area contributed by atoms with Gasteiger partial charge in [-0.2, -0.15) is 0 Å². The van der Waals surface area contributed by atoms with Crippen LogP contribution in [0.25, 0.3) is 0 Å². The highest BCUT2D eigenvalue weighted by molar-refractivity contribution is 7.62. The van der Waals surface area contributed by atoms with Crippen molar-refractivity contribution >= 4 is 12.9 Å². The van der Waals surface area contributed by atoms with Crippen LogP contribution in [-0.2, 0) is 18.3 Å².